The molecule has 1 aromatic heterocycles. The average molecular weight is 328 g/mol. The minimum absolute atomic E-state index is 0.0692. The number of fused-ring (bicyclic) bond motifs is 1. The molecule has 1 unspecified atom stereocenters. The first-order valence-corrected chi connectivity index (χ1v) is 8.63. The lowest BCUT2D eigenvalue weighted by Crippen LogP contribution is -2.37. The van der Waals surface area contributed by atoms with Crippen LogP contribution in [-0.4, -0.2) is 47.2 Å². The van der Waals surface area contributed by atoms with Crippen LogP contribution in [-0.2, 0) is 0 Å². The van der Waals surface area contributed by atoms with Crippen LogP contribution in [0.25, 0.3) is 10.9 Å². The number of amides is 1. The number of hydrogen-bond donors (Lipinski definition) is 2. The van der Waals surface area contributed by atoms with Gasteiger partial charge in [0.2, 0.25) is 5.43 Å². The molecule has 1 fully saturated rings. The molecule has 6 heteroatoms. The van der Waals surface area contributed by atoms with E-state index in [9.17, 15) is 9.59 Å². The van der Waals surface area contributed by atoms with Gasteiger partial charge in [-0.1, -0.05) is 19.1 Å². The molecule has 3 rings (SSSR count). The summed E-state index contributed by atoms with van der Waals surface area (Å²) in [7, 11) is 0. The van der Waals surface area contributed by atoms with Crippen molar-refractivity contribution in [3.8, 4) is 0 Å². The van der Waals surface area contributed by atoms with Gasteiger partial charge in [-0.15, -0.1) is 0 Å². The fourth-order valence-corrected chi connectivity index (χ4v) is 3.31. The van der Waals surface area contributed by atoms with Crippen molar-refractivity contribution in [2.75, 3.05) is 26.2 Å². The molecule has 0 bridgehead atoms. The van der Waals surface area contributed by atoms with E-state index in [1.54, 1.807) is 18.2 Å². The molecule has 1 atom stereocenters. The van der Waals surface area contributed by atoms with E-state index in [0.717, 1.165) is 32.0 Å². The van der Waals surface area contributed by atoms with Gasteiger partial charge >= 0.3 is 0 Å². The lowest BCUT2D eigenvalue weighted by molar-refractivity contribution is 0.0943. The number of benzene rings is 1. The van der Waals surface area contributed by atoms with Crippen LogP contribution in [0.2, 0.25) is 0 Å². The van der Waals surface area contributed by atoms with Crippen LogP contribution in [0.15, 0.2) is 29.1 Å². The Morgan fingerprint density at radius 3 is 3.08 bits per heavy atom. The Morgan fingerprint density at radius 1 is 1.42 bits per heavy atom. The molecule has 128 valence electrons. The summed E-state index contributed by atoms with van der Waals surface area (Å²) >= 11 is 0. The van der Waals surface area contributed by atoms with E-state index in [1.807, 2.05) is 6.07 Å². The second-order valence-corrected chi connectivity index (χ2v) is 6.60. The van der Waals surface area contributed by atoms with Crippen molar-refractivity contribution in [2.45, 2.75) is 26.2 Å². The number of nitrogens with one attached hydrogen (secondary N) is 2. The summed E-state index contributed by atoms with van der Waals surface area (Å²) in [4.78, 5) is 27.0. The lowest BCUT2D eigenvalue weighted by atomic mass is 10.0. The SMILES string of the molecule is CC1CCCN(CCCNC(=O)c2n[nH]c3ccccc3c2=O)C1. The highest BCUT2D eigenvalue weighted by atomic mass is 16.2. The summed E-state index contributed by atoms with van der Waals surface area (Å²) in [6.45, 7) is 6.10. The number of carbonyl (C=O) groups is 1. The van der Waals surface area contributed by atoms with Gasteiger partial charge in [0.1, 0.15) is 0 Å². The van der Waals surface area contributed by atoms with Crippen LogP contribution >= 0.6 is 0 Å². The zero-order valence-electron chi connectivity index (χ0n) is 14.0. The Bertz CT molecular complexity index is 771. The van der Waals surface area contributed by atoms with E-state index in [0.29, 0.717) is 17.4 Å². The van der Waals surface area contributed by atoms with Gasteiger partial charge < -0.3 is 10.2 Å². The molecule has 1 aliphatic rings. The maximum Gasteiger partial charge on any atom is 0.275 e. The first kappa shape index (κ1) is 16.6. The molecule has 1 aliphatic heterocycles. The van der Waals surface area contributed by atoms with Gasteiger partial charge in [0.15, 0.2) is 5.69 Å². The number of nitrogens with zero attached hydrogens (tertiary/aromatic N) is 2. The van der Waals surface area contributed by atoms with Crippen LogP contribution < -0.4 is 10.7 Å². The second kappa shape index (κ2) is 7.57. The largest absolute Gasteiger partial charge is 0.350 e. The Hall–Kier alpha value is -2.21. The van der Waals surface area contributed by atoms with Gasteiger partial charge in [0.25, 0.3) is 5.91 Å². The molecule has 0 spiro atoms. The minimum Gasteiger partial charge on any atom is -0.350 e. The molecule has 6 nitrogen and oxygen atoms in total. The fraction of sp³-hybridized carbons (Fsp3) is 0.500. The summed E-state index contributed by atoms with van der Waals surface area (Å²) in [5, 5.41) is 9.99. The molecule has 1 amide bonds. The minimum atomic E-state index is -0.408. The second-order valence-electron chi connectivity index (χ2n) is 6.60. The zero-order chi connectivity index (χ0) is 16.9. The maximum absolute atomic E-state index is 12.3. The zero-order valence-corrected chi connectivity index (χ0v) is 14.0. The molecule has 0 aliphatic carbocycles. The number of carbonyl (C=O) groups excluding carboxylic acids is 1. The van der Waals surface area contributed by atoms with Gasteiger partial charge in [0.05, 0.1) is 5.52 Å². The fourth-order valence-electron chi connectivity index (χ4n) is 3.31. The Morgan fingerprint density at radius 2 is 2.25 bits per heavy atom. The Kier molecular flexibility index (Phi) is 5.25. The first-order valence-electron chi connectivity index (χ1n) is 8.63. The summed E-state index contributed by atoms with van der Waals surface area (Å²) in [5.74, 6) is 0.350. The van der Waals surface area contributed by atoms with Crippen molar-refractivity contribution < 1.29 is 4.79 Å². The van der Waals surface area contributed by atoms with E-state index in [-0.39, 0.29) is 11.1 Å². The summed E-state index contributed by atoms with van der Waals surface area (Å²) < 4.78 is 0. The van der Waals surface area contributed by atoms with Crippen molar-refractivity contribution in [3.63, 3.8) is 0 Å². The summed E-state index contributed by atoms with van der Waals surface area (Å²) in [6.07, 6.45) is 3.44. The van der Waals surface area contributed by atoms with Crippen molar-refractivity contribution in [3.05, 3.63) is 40.2 Å². The molecule has 2 heterocycles. The molecule has 2 aromatic rings. The maximum atomic E-state index is 12.3. The first-order chi connectivity index (χ1) is 11.6. The normalized spacial score (nSPS) is 18.6. The summed E-state index contributed by atoms with van der Waals surface area (Å²) in [5.41, 5.74) is 0.241. The number of hydrogen-bond acceptors (Lipinski definition) is 4. The van der Waals surface area contributed by atoms with Gasteiger partial charge in [-0.2, -0.15) is 5.10 Å². The van der Waals surface area contributed by atoms with Crippen molar-refractivity contribution >= 4 is 16.8 Å². The third kappa shape index (κ3) is 3.82. The van der Waals surface area contributed by atoms with E-state index < -0.39 is 5.91 Å². The number of piperidine rings is 1. The Labute approximate surface area is 141 Å². The number of H-pyrrole nitrogens is 1. The van der Waals surface area contributed by atoms with Crippen LogP contribution in [0.4, 0.5) is 0 Å². The van der Waals surface area contributed by atoms with Crippen LogP contribution in [0.1, 0.15) is 36.7 Å². The molecule has 2 N–H and O–H groups in total. The van der Waals surface area contributed by atoms with Gasteiger partial charge in [0, 0.05) is 18.5 Å². The van der Waals surface area contributed by atoms with Crippen molar-refractivity contribution in [2.24, 2.45) is 5.92 Å². The molecular formula is C18H24N4O2. The highest BCUT2D eigenvalue weighted by Crippen LogP contribution is 2.15. The van der Waals surface area contributed by atoms with Crippen LogP contribution in [0.5, 0.6) is 0 Å². The smallest absolute Gasteiger partial charge is 0.275 e. The molecule has 1 saturated heterocycles. The van der Waals surface area contributed by atoms with Gasteiger partial charge in [-0.3, -0.25) is 14.7 Å². The number of para-hydroxylation sites is 1. The monoisotopic (exact) mass is 328 g/mol. The number of rotatable bonds is 5. The molecule has 1 aromatic carbocycles. The average Bonchev–Trinajstić information content (AvgIpc) is 2.59. The molecule has 0 radical (unpaired) electrons. The lowest BCUT2D eigenvalue weighted by Gasteiger charge is -2.30. The van der Waals surface area contributed by atoms with Crippen LogP contribution in [0, 0.1) is 5.92 Å². The third-order valence-electron chi connectivity index (χ3n) is 4.57. The van der Waals surface area contributed by atoms with Crippen molar-refractivity contribution in [1.29, 1.82) is 0 Å². The predicted octanol–water partition coefficient (Wildman–Crippen LogP) is 1.77. The number of likely N-dealkylation sites (tertiary alicyclic amines) is 1. The van der Waals surface area contributed by atoms with Crippen molar-refractivity contribution in [1.82, 2.24) is 20.4 Å². The Balaban J connectivity index is 1.54. The van der Waals surface area contributed by atoms with E-state index in [1.165, 1.54) is 12.8 Å². The number of aromatic amines is 1. The third-order valence-corrected chi connectivity index (χ3v) is 4.57. The highest BCUT2D eigenvalue weighted by molar-refractivity contribution is 5.95. The highest BCUT2D eigenvalue weighted by Gasteiger charge is 2.17. The topological polar surface area (TPSA) is 78.1 Å². The quantitative estimate of drug-likeness (QED) is 0.820. The predicted molar refractivity (Wildman–Crippen MR) is 94.2 cm³/mol. The van der Waals surface area contributed by atoms with E-state index in [2.05, 4.69) is 27.3 Å². The van der Waals surface area contributed by atoms with Gasteiger partial charge in [-0.05, 0) is 50.4 Å². The molecule has 24 heavy (non-hydrogen) atoms. The van der Waals surface area contributed by atoms with Crippen LogP contribution in [0.3, 0.4) is 0 Å². The number of aromatic nitrogens is 2. The summed E-state index contributed by atoms with van der Waals surface area (Å²) in [6, 6.07) is 7.06. The van der Waals surface area contributed by atoms with Gasteiger partial charge in [-0.25, -0.2) is 0 Å². The van der Waals surface area contributed by atoms with E-state index >= 15 is 0 Å². The molecule has 0 saturated carbocycles. The molecular weight excluding hydrogens is 304 g/mol. The standard InChI is InChI=1S/C18H24N4O2/c1-13-6-4-10-22(12-13)11-5-9-19-18(24)16-17(23)14-7-2-3-8-15(14)20-21-16/h2-3,7-8,13H,4-6,9-12H2,1H3,(H,19,24)(H,20,23). The van der Waals surface area contributed by atoms with E-state index in [4.69, 9.17) is 0 Å².